The van der Waals surface area contributed by atoms with E-state index < -0.39 is 0 Å². The Labute approximate surface area is 95.8 Å². The summed E-state index contributed by atoms with van der Waals surface area (Å²) in [4.78, 5) is 4.48. The summed E-state index contributed by atoms with van der Waals surface area (Å²) in [5.74, 6) is 5.60. The van der Waals surface area contributed by atoms with Gasteiger partial charge in [-0.1, -0.05) is 15.9 Å². The van der Waals surface area contributed by atoms with Gasteiger partial charge >= 0.3 is 0 Å². The zero-order valence-corrected chi connectivity index (χ0v) is 10.00. The van der Waals surface area contributed by atoms with E-state index in [1.807, 2.05) is 0 Å². The highest BCUT2D eigenvalue weighted by Crippen LogP contribution is 2.43. The monoisotopic (exact) mass is 277 g/mol. The van der Waals surface area contributed by atoms with Crippen molar-refractivity contribution in [3.05, 3.63) is 16.1 Å². The van der Waals surface area contributed by atoms with Gasteiger partial charge in [-0.15, -0.1) is 0 Å². The largest absolute Gasteiger partial charge is 0.504 e. The summed E-state index contributed by atoms with van der Waals surface area (Å²) in [7, 11) is 2.93. The van der Waals surface area contributed by atoms with Gasteiger partial charge in [0, 0.05) is 10.0 Å². The Hall–Kier alpha value is -0.980. The Morgan fingerprint density at radius 3 is 2.53 bits per heavy atom. The fourth-order valence-corrected chi connectivity index (χ4v) is 1.71. The fraction of sp³-hybridized carbons (Fsp3) is 0.333. The van der Waals surface area contributed by atoms with Crippen LogP contribution in [0.5, 0.6) is 17.2 Å². The van der Waals surface area contributed by atoms with Gasteiger partial charge in [0.2, 0.25) is 5.75 Å². The Morgan fingerprint density at radius 2 is 2.07 bits per heavy atom. The number of phenols is 1. The second-order valence-corrected chi connectivity index (χ2v) is 3.59. The maximum Gasteiger partial charge on any atom is 0.203 e. The Kier molecular flexibility index (Phi) is 4.19. The first-order valence-corrected chi connectivity index (χ1v) is 4.89. The van der Waals surface area contributed by atoms with Crippen LogP contribution in [0, 0.1) is 0 Å². The molecule has 0 saturated heterocycles. The summed E-state index contributed by atoms with van der Waals surface area (Å²) in [5, 5.41) is 9.84. The molecular formula is C9H12BrNO4. The van der Waals surface area contributed by atoms with E-state index in [2.05, 4.69) is 20.8 Å². The molecule has 3 N–H and O–H groups in total. The van der Waals surface area contributed by atoms with Crippen LogP contribution in [0.3, 0.4) is 0 Å². The molecule has 0 unspecified atom stereocenters. The number of rotatable bonds is 4. The lowest BCUT2D eigenvalue weighted by Crippen LogP contribution is -2.02. The van der Waals surface area contributed by atoms with Crippen LogP contribution in [0.1, 0.15) is 5.56 Å². The van der Waals surface area contributed by atoms with Crippen molar-refractivity contribution in [3.63, 3.8) is 0 Å². The van der Waals surface area contributed by atoms with Crippen molar-refractivity contribution in [2.45, 2.75) is 6.61 Å². The van der Waals surface area contributed by atoms with Crippen LogP contribution in [-0.2, 0) is 11.4 Å². The molecule has 0 heterocycles. The van der Waals surface area contributed by atoms with E-state index in [4.69, 9.17) is 15.4 Å². The van der Waals surface area contributed by atoms with Crippen molar-refractivity contribution in [2.75, 3.05) is 14.2 Å². The maximum atomic E-state index is 9.84. The van der Waals surface area contributed by atoms with Crippen molar-refractivity contribution >= 4 is 15.9 Å². The molecule has 0 saturated carbocycles. The molecule has 1 rings (SSSR count). The number of hydrogen-bond acceptors (Lipinski definition) is 5. The normalized spacial score (nSPS) is 10.1. The first kappa shape index (κ1) is 12.1. The van der Waals surface area contributed by atoms with E-state index in [1.165, 1.54) is 14.2 Å². The number of nitrogens with two attached hydrogens (primary N) is 1. The average molecular weight is 278 g/mol. The van der Waals surface area contributed by atoms with Gasteiger partial charge in [0.25, 0.3) is 0 Å². The standard InChI is InChI=1S/C9H12BrNO4/c1-13-7-3-6(10)5(4-15-11)8(12)9(7)14-2/h3,12H,4,11H2,1-2H3. The van der Waals surface area contributed by atoms with Gasteiger partial charge in [0.1, 0.15) is 0 Å². The highest BCUT2D eigenvalue weighted by atomic mass is 79.9. The maximum absolute atomic E-state index is 9.84. The molecular weight excluding hydrogens is 266 g/mol. The molecule has 0 aliphatic heterocycles. The summed E-state index contributed by atoms with van der Waals surface area (Å²) in [6, 6.07) is 1.67. The van der Waals surface area contributed by atoms with E-state index >= 15 is 0 Å². The Morgan fingerprint density at radius 1 is 1.40 bits per heavy atom. The van der Waals surface area contributed by atoms with E-state index in [9.17, 15) is 5.11 Å². The van der Waals surface area contributed by atoms with Crippen molar-refractivity contribution in [3.8, 4) is 17.2 Å². The molecule has 6 heteroatoms. The van der Waals surface area contributed by atoms with Gasteiger partial charge in [-0.3, -0.25) is 4.84 Å². The van der Waals surface area contributed by atoms with Gasteiger partial charge < -0.3 is 14.6 Å². The molecule has 0 bridgehead atoms. The lowest BCUT2D eigenvalue weighted by atomic mass is 10.2. The summed E-state index contributed by atoms with van der Waals surface area (Å²) in [6.45, 7) is 0.0762. The molecule has 0 atom stereocenters. The number of hydrogen-bond donors (Lipinski definition) is 2. The van der Waals surface area contributed by atoms with E-state index in [1.54, 1.807) is 6.07 Å². The minimum absolute atomic E-state index is 0.0471. The molecule has 0 spiro atoms. The van der Waals surface area contributed by atoms with Crippen molar-refractivity contribution in [1.82, 2.24) is 0 Å². The third-order valence-corrected chi connectivity index (χ3v) is 2.63. The number of methoxy groups -OCH3 is 2. The smallest absolute Gasteiger partial charge is 0.203 e. The molecule has 5 nitrogen and oxygen atoms in total. The average Bonchev–Trinajstić information content (AvgIpc) is 2.23. The number of benzene rings is 1. The third kappa shape index (κ3) is 2.34. The topological polar surface area (TPSA) is 73.9 Å². The number of ether oxygens (including phenoxy) is 2. The van der Waals surface area contributed by atoms with Gasteiger partial charge in [0.05, 0.1) is 20.8 Å². The van der Waals surface area contributed by atoms with Crippen molar-refractivity contribution in [1.29, 1.82) is 0 Å². The van der Waals surface area contributed by atoms with Gasteiger partial charge in [-0.25, -0.2) is 5.90 Å². The van der Waals surface area contributed by atoms with Crippen LogP contribution < -0.4 is 15.4 Å². The summed E-state index contributed by atoms with van der Waals surface area (Å²) >= 11 is 3.27. The summed E-state index contributed by atoms with van der Waals surface area (Å²) < 4.78 is 10.7. The minimum atomic E-state index is -0.0471. The third-order valence-electron chi connectivity index (χ3n) is 1.92. The van der Waals surface area contributed by atoms with Crippen LogP contribution in [0.15, 0.2) is 10.5 Å². The lowest BCUT2D eigenvalue weighted by molar-refractivity contribution is 0.121. The molecule has 1 aromatic rings. The van der Waals surface area contributed by atoms with Crippen LogP contribution >= 0.6 is 15.9 Å². The van der Waals surface area contributed by atoms with Crippen LogP contribution in [-0.4, -0.2) is 19.3 Å². The molecule has 1 aromatic carbocycles. The first-order valence-electron chi connectivity index (χ1n) is 4.09. The Balaban J connectivity index is 3.31. The highest BCUT2D eigenvalue weighted by molar-refractivity contribution is 9.10. The molecule has 0 aliphatic carbocycles. The fourth-order valence-electron chi connectivity index (χ4n) is 1.20. The van der Waals surface area contributed by atoms with E-state index in [0.717, 1.165) is 0 Å². The number of aromatic hydroxyl groups is 1. The predicted molar refractivity (Wildman–Crippen MR) is 57.9 cm³/mol. The number of phenolic OH excluding ortho intramolecular Hbond substituents is 1. The minimum Gasteiger partial charge on any atom is -0.504 e. The molecule has 0 radical (unpaired) electrons. The second kappa shape index (κ2) is 5.20. The molecule has 0 aliphatic rings. The molecule has 0 amide bonds. The first-order chi connectivity index (χ1) is 7.15. The molecule has 0 aromatic heterocycles. The van der Waals surface area contributed by atoms with Crippen LogP contribution in [0.4, 0.5) is 0 Å². The highest BCUT2D eigenvalue weighted by Gasteiger charge is 2.17. The van der Waals surface area contributed by atoms with Crippen LogP contribution in [0.25, 0.3) is 0 Å². The molecule has 15 heavy (non-hydrogen) atoms. The Bertz CT molecular complexity index is 356. The quantitative estimate of drug-likeness (QED) is 0.818. The van der Waals surface area contributed by atoms with E-state index in [0.29, 0.717) is 15.8 Å². The molecule has 0 fully saturated rings. The SMILES string of the molecule is COc1cc(Br)c(CON)c(O)c1OC. The number of halogens is 1. The zero-order valence-electron chi connectivity index (χ0n) is 8.41. The van der Waals surface area contributed by atoms with Crippen molar-refractivity contribution in [2.24, 2.45) is 5.90 Å². The lowest BCUT2D eigenvalue weighted by Gasteiger charge is -2.13. The zero-order chi connectivity index (χ0) is 11.4. The van der Waals surface area contributed by atoms with Gasteiger partial charge in [0.15, 0.2) is 11.5 Å². The molecule has 84 valence electrons. The van der Waals surface area contributed by atoms with Gasteiger partial charge in [-0.05, 0) is 6.07 Å². The summed E-state index contributed by atoms with van der Waals surface area (Å²) in [6.07, 6.45) is 0. The van der Waals surface area contributed by atoms with E-state index in [-0.39, 0.29) is 18.1 Å². The predicted octanol–water partition coefficient (Wildman–Crippen LogP) is 1.56. The van der Waals surface area contributed by atoms with Crippen LogP contribution in [0.2, 0.25) is 0 Å². The second-order valence-electron chi connectivity index (χ2n) is 2.73. The van der Waals surface area contributed by atoms with Gasteiger partial charge in [-0.2, -0.15) is 0 Å². The summed E-state index contributed by atoms with van der Waals surface area (Å²) in [5.41, 5.74) is 0.509. The van der Waals surface area contributed by atoms with Crippen molar-refractivity contribution < 1.29 is 19.4 Å².